The second kappa shape index (κ2) is 4.23. The Morgan fingerprint density at radius 1 is 1.40 bits per heavy atom. The molecule has 1 aliphatic rings. The second-order valence-electron chi connectivity index (χ2n) is 4.49. The molecule has 82 valence electrons. The molecule has 0 aliphatic heterocycles. The van der Waals surface area contributed by atoms with Crippen LogP contribution in [0.3, 0.4) is 0 Å². The first-order valence-corrected chi connectivity index (χ1v) is 5.69. The van der Waals surface area contributed by atoms with Crippen molar-refractivity contribution in [3.05, 3.63) is 29.8 Å². The number of rotatable bonds is 5. The number of ether oxygens (including phenoxy) is 1. The Balaban J connectivity index is 1.92. The largest absolute Gasteiger partial charge is 0.494 e. The third-order valence-electron chi connectivity index (χ3n) is 2.93. The van der Waals surface area contributed by atoms with Crippen LogP contribution >= 0.6 is 0 Å². The van der Waals surface area contributed by atoms with E-state index >= 15 is 0 Å². The van der Waals surface area contributed by atoms with Crippen molar-refractivity contribution in [2.75, 3.05) is 6.61 Å². The fourth-order valence-corrected chi connectivity index (χ4v) is 1.59. The van der Waals surface area contributed by atoms with Gasteiger partial charge in [-0.2, -0.15) is 0 Å². The molecule has 0 bridgehead atoms. The molecule has 0 amide bonds. The quantitative estimate of drug-likeness (QED) is 0.798. The van der Waals surface area contributed by atoms with Crippen LogP contribution in [0.25, 0.3) is 0 Å². The molecule has 2 heteroatoms. The van der Waals surface area contributed by atoms with Crippen molar-refractivity contribution >= 4 is 0 Å². The predicted octanol–water partition coefficient (Wildman–Crippen LogP) is 2.73. The summed E-state index contributed by atoms with van der Waals surface area (Å²) in [6.07, 6.45) is 2.61. The SMILES string of the molecule is CCOc1cccc(CNC2(C)CC2)c1. The fourth-order valence-electron chi connectivity index (χ4n) is 1.59. The van der Waals surface area contributed by atoms with E-state index in [0.29, 0.717) is 5.54 Å². The molecule has 1 saturated carbocycles. The fraction of sp³-hybridized carbons (Fsp3) is 0.538. The van der Waals surface area contributed by atoms with Crippen LogP contribution in [-0.2, 0) is 6.54 Å². The highest BCUT2D eigenvalue weighted by Gasteiger charge is 2.36. The van der Waals surface area contributed by atoms with Crippen molar-refractivity contribution in [1.29, 1.82) is 0 Å². The van der Waals surface area contributed by atoms with Gasteiger partial charge in [-0.1, -0.05) is 12.1 Å². The maximum atomic E-state index is 5.47. The molecule has 0 radical (unpaired) electrons. The Morgan fingerprint density at radius 2 is 2.20 bits per heavy atom. The summed E-state index contributed by atoms with van der Waals surface area (Å²) < 4.78 is 5.47. The van der Waals surface area contributed by atoms with E-state index in [1.807, 2.05) is 13.0 Å². The summed E-state index contributed by atoms with van der Waals surface area (Å²) in [5.41, 5.74) is 1.70. The van der Waals surface area contributed by atoms with E-state index in [-0.39, 0.29) is 0 Å². The van der Waals surface area contributed by atoms with E-state index in [9.17, 15) is 0 Å². The first-order chi connectivity index (χ1) is 7.22. The summed E-state index contributed by atoms with van der Waals surface area (Å²) in [5.74, 6) is 0.970. The zero-order valence-electron chi connectivity index (χ0n) is 9.55. The van der Waals surface area contributed by atoms with Crippen molar-refractivity contribution in [1.82, 2.24) is 5.32 Å². The Labute approximate surface area is 91.6 Å². The second-order valence-corrected chi connectivity index (χ2v) is 4.49. The van der Waals surface area contributed by atoms with Gasteiger partial charge in [-0.25, -0.2) is 0 Å². The molecule has 1 N–H and O–H groups in total. The molecule has 0 saturated heterocycles. The molecular formula is C13H19NO. The van der Waals surface area contributed by atoms with Crippen LogP contribution in [0.15, 0.2) is 24.3 Å². The maximum Gasteiger partial charge on any atom is 0.119 e. The lowest BCUT2D eigenvalue weighted by Gasteiger charge is -2.12. The minimum Gasteiger partial charge on any atom is -0.494 e. The molecule has 0 aromatic heterocycles. The van der Waals surface area contributed by atoms with Crippen molar-refractivity contribution in [2.45, 2.75) is 38.8 Å². The number of hydrogen-bond acceptors (Lipinski definition) is 2. The van der Waals surface area contributed by atoms with Crippen molar-refractivity contribution in [3.8, 4) is 5.75 Å². The molecule has 15 heavy (non-hydrogen) atoms. The molecule has 1 aromatic carbocycles. The van der Waals surface area contributed by atoms with E-state index < -0.39 is 0 Å². The Bertz CT molecular complexity index is 331. The van der Waals surface area contributed by atoms with Gasteiger partial charge in [-0.3, -0.25) is 0 Å². The highest BCUT2D eigenvalue weighted by atomic mass is 16.5. The Morgan fingerprint density at radius 3 is 2.87 bits per heavy atom. The van der Waals surface area contributed by atoms with Crippen molar-refractivity contribution in [2.24, 2.45) is 0 Å². The summed E-state index contributed by atoms with van der Waals surface area (Å²) in [6.45, 7) is 5.96. The third kappa shape index (κ3) is 2.96. The van der Waals surface area contributed by atoms with E-state index in [0.717, 1.165) is 18.9 Å². The molecule has 0 spiro atoms. The zero-order valence-corrected chi connectivity index (χ0v) is 9.55. The van der Waals surface area contributed by atoms with Gasteiger partial charge in [0.2, 0.25) is 0 Å². The van der Waals surface area contributed by atoms with Gasteiger partial charge in [-0.05, 0) is 44.4 Å². The van der Waals surface area contributed by atoms with Gasteiger partial charge in [0.05, 0.1) is 6.61 Å². The molecule has 0 atom stereocenters. The number of nitrogens with one attached hydrogen (secondary N) is 1. The van der Waals surface area contributed by atoms with Crippen LogP contribution in [0.4, 0.5) is 0 Å². The van der Waals surface area contributed by atoms with Gasteiger partial charge in [0.25, 0.3) is 0 Å². The van der Waals surface area contributed by atoms with Crippen LogP contribution < -0.4 is 10.1 Å². The van der Waals surface area contributed by atoms with Crippen molar-refractivity contribution < 1.29 is 4.74 Å². The summed E-state index contributed by atoms with van der Waals surface area (Å²) in [6, 6.07) is 8.31. The predicted molar refractivity (Wildman–Crippen MR) is 62.1 cm³/mol. The number of hydrogen-bond donors (Lipinski definition) is 1. The third-order valence-corrected chi connectivity index (χ3v) is 2.93. The van der Waals surface area contributed by atoms with Gasteiger partial charge in [-0.15, -0.1) is 0 Å². The van der Waals surface area contributed by atoms with E-state index in [4.69, 9.17) is 4.74 Å². The lowest BCUT2D eigenvalue weighted by atomic mass is 10.2. The first-order valence-electron chi connectivity index (χ1n) is 5.69. The van der Waals surface area contributed by atoms with Gasteiger partial charge in [0.1, 0.15) is 5.75 Å². The molecule has 1 fully saturated rings. The minimum atomic E-state index is 0.404. The van der Waals surface area contributed by atoms with Crippen LogP contribution in [-0.4, -0.2) is 12.1 Å². The van der Waals surface area contributed by atoms with Crippen LogP contribution in [0.5, 0.6) is 5.75 Å². The average molecular weight is 205 g/mol. The normalized spacial score (nSPS) is 17.5. The van der Waals surface area contributed by atoms with Crippen LogP contribution in [0.2, 0.25) is 0 Å². The molecule has 0 heterocycles. The Kier molecular flexibility index (Phi) is 2.96. The molecule has 0 unspecified atom stereocenters. The highest BCUT2D eigenvalue weighted by molar-refractivity contribution is 5.28. The van der Waals surface area contributed by atoms with E-state index in [2.05, 4.69) is 30.4 Å². The topological polar surface area (TPSA) is 21.3 Å². The van der Waals surface area contributed by atoms with Gasteiger partial charge in [0, 0.05) is 12.1 Å². The number of benzene rings is 1. The average Bonchev–Trinajstić information content (AvgIpc) is 2.96. The summed E-state index contributed by atoms with van der Waals surface area (Å²) in [7, 11) is 0. The smallest absolute Gasteiger partial charge is 0.119 e. The maximum absolute atomic E-state index is 5.47. The standard InChI is InChI=1S/C13H19NO/c1-3-15-12-6-4-5-11(9-12)10-14-13(2)7-8-13/h4-6,9,14H,3,7-8,10H2,1-2H3. The van der Waals surface area contributed by atoms with Gasteiger partial charge < -0.3 is 10.1 Å². The van der Waals surface area contributed by atoms with E-state index in [1.54, 1.807) is 0 Å². The highest BCUT2D eigenvalue weighted by Crippen LogP contribution is 2.34. The molecule has 1 aromatic rings. The van der Waals surface area contributed by atoms with Crippen molar-refractivity contribution in [3.63, 3.8) is 0 Å². The summed E-state index contributed by atoms with van der Waals surface area (Å²) in [5, 5.41) is 3.56. The summed E-state index contributed by atoms with van der Waals surface area (Å²) >= 11 is 0. The van der Waals surface area contributed by atoms with Crippen LogP contribution in [0.1, 0.15) is 32.3 Å². The summed E-state index contributed by atoms with van der Waals surface area (Å²) in [4.78, 5) is 0. The van der Waals surface area contributed by atoms with Gasteiger partial charge in [0.15, 0.2) is 0 Å². The minimum absolute atomic E-state index is 0.404. The first kappa shape index (κ1) is 10.5. The van der Waals surface area contributed by atoms with Crippen LogP contribution in [0, 0.1) is 0 Å². The zero-order chi connectivity index (χ0) is 10.7. The molecular weight excluding hydrogens is 186 g/mol. The van der Waals surface area contributed by atoms with E-state index in [1.165, 1.54) is 18.4 Å². The molecule has 2 nitrogen and oxygen atoms in total. The molecule has 2 rings (SSSR count). The lowest BCUT2D eigenvalue weighted by Crippen LogP contribution is -2.26. The Hall–Kier alpha value is -1.02. The monoisotopic (exact) mass is 205 g/mol. The molecule has 1 aliphatic carbocycles. The van der Waals surface area contributed by atoms with Gasteiger partial charge >= 0.3 is 0 Å². The lowest BCUT2D eigenvalue weighted by molar-refractivity contribution is 0.339.